The van der Waals surface area contributed by atoms with Crippen molar-refractivity contribution in [3.63, 3.8) is 0 Å². The van der Waals surface area contributed by atoms with Crippen LogP contribution in [0.1, 0.15) is 40.0 Å². The van der Waals surface area contributed by atoms with E-state index in [-0.39, 0.29) is 17.1 Å². The summed E-state index contributed by atoms with van der Waals surface area (Å²) in [6, 6.07) is 0. The molecule has 0 amide bonds. The van der Waals surface area contributed by atoms with Crippen molar-refractivity contribution in [3.05, 3.63) is 0 Å². The Morgan fingerprint density at radius 3 is 2.41 bits per heavy atom. The first-order chi connectivity index (χ1) is 7.91. The minimum absolute atomic E-state index is 0.129. The molecule has 0 N–H and O–H groups in total. The highest BCUT2D eigenvalue weighted by atomic mass is 16.7. The Kier molecular flexibility index (Phi) is 2.43. The molecule has 1 aliphatic heterocycles. The number of hydrogen-bond donors (Lipinski definition) is 0. The van der Waals surface area contributed by atoms with E-state index in [1.54, 1.807) is 0 Å². The summed E-state index contributed by atoms with van der Waals surface area (Å²) in [5.74, 6) is 1.27. The van der Waals surface area contributed by atoms with Crippen LogP contribution in [-0.4, -0.2) is 24.8 Å². The van der Waals surface area contributed by atoms with Crippen LogP contribution in [0.5, 0.6) is 0 Å². The van der Waals surface area contributed by atoms with E-state index >= 15 is 0 Å². The Morgan fingerprint density at radius 1 is 1.18 bits per heavy atom. The minimum Gasteiger partial charge on any atom is -0.349 e. The fourth-order valence-corrected chi connectivity index (χ4v) is 3.62. The van der Waals surface area contributed by atoms with Crippen LogP contribution < -0.4 is 0 Å². The van der Waals surface area contributed by atoms with Crippen molar-refractivity contribution in [2.75, 3.05) is 13.2 Å². The molecule has 0 aromatic rings. The standard InChI is InChI=1S/C14H22O3/c1-9-11-6-14(5-10(11)4-12(9)15)16-7-13(2,3)8-17-14/h9-11H,4-8H2,1-3H3/t9-,10-,11-/m1/s1. The van der Waals surface area contributed by atoms with Gasteiger partial charge in [-0.25, -0.2) is 0 Å². The van der Waals surface area contributed by atoms with Gasteiger partial charge in [0.15, 0.2) is 5.79 Å². The molecule has 0 unspecified atom stereocenters. The highest BCUT2D eigenvalue weighted by Crippen LogP contribution is 2.53. The van der Waals surface area contributed by atoms with E-state index < -0.39 is 0 Å². The minimum atomic E-state index is -0.361. The zero-order valence-corrected chi connectivity index (χ0v) is 11.0. The maximum absolute atomic E-state index is 11.7. The molecule has 1 heterocycles. The van der Waals surface area contributed by atoms with Gasteiger partial charge in [-0.3, -0.25) is 4.79 Å². The molecule has 96 valence electrons. The molecule has 3 rings (SSSR count). The van der Waals surface area contributed by atoms with Crippen molar-refractivity contribution in [2.45, 2.75) is 45.8 Å². The van der Waals surface area contributed by atoms with Crippen LogP contribution in [0.4, 0.5) is 0 Å². The van der Waals surface area contributed by atoms with Gasteiger partial charge < -0.3 is 9.47 Å². The van der Waals surface area contributed by atoms with Crippen molar-refractivity contribution >= 4 is 5.78 Å². The quantitative estimate of drug-likeness (QED) is 0.650. The van der Waals surface area contributed by atoms with E-state index in [2.05, 4.69) is 20.8 Å². The average molecular weight is 238 g/mol. The molecule has 3 fully saturated rings. The summed E-state index contributed by atoms with van der Waals surface area (Å²) in [6.07, 6.45) is 2.58. The van der Waals surface area contributed by atoms with Crippen molar-refractivity contribution in [1.82, 2.24) is 0 Å². The zero-order valence-electron chi connectivity index (χ0n) is 11.0. The third-order valence-electron chi connectivity index (χ3n) is 4.79. The Bertz CT molecular complexity index is 337. The lowest BCUT2D eigenvalue weighted by molar-refractivity contribution is -0.297. The Hall–Kier alpha value is -0.410. The second-order valence-electron chi connectivity index (χ2n) is 6.94. The van der Waals surface area contributed by atoms with Gasteiger partial charge in [-0.15, -0.1) is 0 Å². The molecule has 0 bridgehead atoms. The number of Topliss-reactive ketones (excluding diaryl/α,β-unsaturated/α-hetero) is 1. The normalized spacial score (nSPS) is 43.0. The lowest BCUT2D eigenvalue weighted by atomic mass is 9.92. The summed E-state index contributed by atoms with van der Waals surface area (Å²) in [6.45, 7) is 7.95. The molecule has 0 aromatic carbocycles. The topological polar surface area (TPSA) is 35.5 Å². The van der Waals surface area contributed by atoms with Gasteiger partial charge in [0.05, 0.1) is 13.2 Å². The summed E-state index contributed by atoms with van der Waals surface area (Å²) in [5.41, 5.74) is 0.129. The van der Waals surface area contributed by atoms with E-state index in [4.69, 9.17) is 9.47 Å². The van der Waals surface area contributed by atoms with Crippen molar-refractivity contribution in [3.8, 4) is 0 Å². The number of rotatable bonds is 0. The fourth-order valence-electron chi connectivity index (χ4n) is 3.62. The molecule has 3 atom stereocenters. The van der Waals surface area contributed by atoms with Crippen LogP contribution in [0.2, 0.25) is 0 Å². The molecule has 1 spiro atoms. The van der Waals surface area contributed by atoms with Crippen molar-refractivity contribution < 1.29 is 14.3 Å². The molecule has 0 aromatic heterocycles. The third-order valence-corrected chi connectivity index (χ3v) is 4.79. The second-order valence-corrected chi connectivity index (χ2v) is 6.94. The highest BCUT2D eigenvalue weighted by Gasteiger charge is 2.55. The Labute approximate surface area is 103 Å². The van der Waals surface area contributed by atoms with Gasteiger partial charge in [0.1, 0.15) is 5.78 Å². The molecule has 3 nitrogen and oxygen atoms in total. The van der Waals surface area contributed by atoms with Crippen molar-refractivity contribution in [2.24, 2.45) is 23.2 Å². The summed E-state index contributed by atoms with van der Waals surface area (Å²) in [7, 11) is 0. The van der Waals surface area contributed by atoms with Crippen LogP contribution in [0.3, 0.4) is 0 Å². The molecule has 1 saturated heterocycles. The first-order valence-corrected chi connectivity index (χ1v) is 6.71. The van der Waals surface area contributed by atoms with Gasteiger partial charge in [0.2, 0.25) is 0 Å². The third kappa shape index (κ3) is 1.84. The lowest BCUT2D eigenvalue weighted by Crippen LogP contribution is -2.46. The van der Waals surface area contributed by atoms with Gasteiger partial charge in [0.25, 0.3) is 0 Å². The molecule has 3 heteroatoms. The van der Waals surface area contributed by atoms with Crippen LogP contribution in [-0.2, 0) is 14.3 Å². The summed E-state index contributed by atoms with van der Waals surface area (Å²) in [5, 5.41) is 0. The highest BCUT2D eigenvalue weighted by molar-refractivity contribution is 5.83. The Morgan fingerprint density at radius 2 is 1.82 bits per heavy atom. The van der Waals surface area contributed by atoms with Crippen LogP contribution in [0.25, 0.3) is 0 Å². The first-order valence-electron chi connectivity index (χ1n) is 6.71. The molecule has 17 heavy (non-hydrogen) atoms. The monoisotopic (exact) mass is 238 g/mol. The number of ether oxygens (including phenoxy) is 2. The van der Waals surface area contributed by atoms with Gasteiger partial charge in [-0.1, -0.05) is 20.8 Å². The average Bonchev–Trinajstić information content (AvgIpc) is 2.72. The summed E-state index contributed by atoms with van der Waals surface area (Å²) in [4.78, 5) is 11.7. The predicted molar refractivity (Wildman–Crippen MR) is 63.4 cm³/mol. The van der Waals surface area contributed by atoms with E-state index in [0.29, 0.717) is 17.6 Å². The molecule has 2 aliphatic carbocycles. The number of hydrogen-bond acceptors (Lipinski definition) is 3. The summed E-state index contributed by atoms with van der Waals surface area (Å²) >= 11 is 0. The smallest absolute Gasteiger partial charge is 0.168 e. The van der Waals surface area contributed by atoms with Crippen molar-refractivity contribution in [1.29, 1.82) is 0 Å². The molecule has 2 saturated carbocycles. The molecule has 0 radical (unpaired) electrons. The maximum Gasteiger partial charge on any atom is 0.168 e. The maximum atomic E-state index is 11.7. The number of fused-ring (bicyclic) bond motifs is 1. The van der Waals surface area contributed by atoms with E-state index in [1.165, 1.54) is 0 Å². The molecular weight excluding hydrogens is 216 g/mol. The van der Waals surface area contributed by atoms with Crippen LogP contribution >= 0.6 is 0 Å². The SMILES string of the molecule is C[C@H]1C(=O)C[C@@H]2CC3(C[C@@H]21)OCC(C)(C)CO3. The lowest BCUT2D eigenvalue weighted by Gasteiger charge is -2.42. The summed E-state index contributed by atoms with van der Waals surface area (Å²) < 4.78 is 12.1. The Balaban J connectivity index is 1.71. The molecule has 3 aliphatic rings. The van der Waals surface area contributed by atoms with E-state index in [0.717, 1.165) is 32.5 Å². The van der Waals surface area contributed by atoms with Gasteiger partial charge in [-0.2, -0.15) is 0 Å². The number of carbonyl (C=O) groups excluding carboxylic acids is 1. The largest absolute Gasteiger partial charge is 0.349 e. The number of carbonyl (C=O) groups is 1. The van der Waals surface area contributed by atoms with E-state index in [1.807, 2.05) is 0 Å². The van der Waals surface area contributed by atoms with Gasteiger partial charge >= 0.3 is 0 Å². The number of ketones is 1. The van der Waals surface area contributed by atoms with E-state index in [9.17, 15) is 4.79 Å². The van der Waals surface area contributed by atoms with Gasteiger partial charge in [-0.05, 0) is 11.8 Å². The van der Waals surface area contributed by atoms with Crippen LogP contribution in [0.15, 0.2) is 0 Å². The first kappa shape index (κ1) is 11.7. The second kappa shape index (κ2) is 3.55. The fraction of sp³-hybridized carbons (Fsp3) is 0.929. The van der Waals surface area contributed by atoms with Crippen LogP contribution in [0, 0.1) is 23.2 Å². The predicted octanol–water partition coefficient (Wildman–Crippen LogP) is 2.39. The van der Waals surface area contributed by atoms with Gasteiger partial charge in [0, 0.05) is 30.6 Å². The molecular formula is C14H22O3. The zero-order chi connectivity index (χ0) is 12.3.